The molecular formula is C15H21NO4. The highest BCUT2D eigenvalue weighted by Crippen LogP contribution is 2.32. The van der Waals surface area contributed by atoms with Crippen LogP contribution in [0, 0.1) is 5.41 Å². The molecule has 0 aliphatic carbocycles. The SMILES string of the molecule is COc1cc(CN2CCCC(C)(C(=O)O)C2)ccc1O. The molecule has 1 atom stereocenters. The first-order chi connectivity index (χ1) is 9.44. The Morgan fingerprint density at radius 1 is 1.50 bits per heavy atom. The molecule has 0 bridgehead atoms. The molecule has 0 aromatic heterocycles. The van der Waals surface area contributed by atoms with Crippen LogP contribution in [0.5, 0.6) is 11.5 Å². The lowest BCUT2D eigenvalue weighted by Gasteiger charge is -2.37. The summed E-state index contributed by atoms with van der Waals surface area (Å²) in [6.07, 6.45) is 1.61. The molecule has 0 saturated carbocycles. The maximum atomic E-state index is 11.3. The predicted molar refractivity (Wildman–Crippen MR) is 74.9 cm³/mol. The second kappa shape index (κ2) is 5.71. The van der Waals surface area contributed by atoms with Crippen LogP contribution < -0.4 is 4.74 Å². The summed E-state index contributed by atoms with van der Waals surface area (Å²) in [7, 11) is 1.52. The number of hydrogen-bond acceptors (Lipinski definition) is 4. The average molecular weight is 279 g/mol. The Bertz CT molecular complexity index is 503. The number of likely N-dealkylation sites (tertiary alicyclic amines) is 1. The molecule has 1 heterocycles. The third kappa shape index (κ3) is 3.04. The van der Waals surface area contributed by atoms with E-state index >= 15 is 0 Å². The molecule has 1 aromatic carbocycles. The van der Waals surface area contributed by atoms with Crippen molar-refractivity contribution in [3.63, 3.8) is 0 Å². The zero-order valence-corrected chi connectivity index (χ0v) is 11.9. The van der Waals surface area contributed by atoms with E-state index in [-0.39, 0.29) is 5.75 Å². The van der Waals surface area contributed by atoms with Gasteiger partial charge in [0.1, 0.15) is 0 Å². The van der Waals surface area contributed by atoms with Gasteiger partial charge in [0.25, 0.3) is 0 Å². The number of aliphatic carboxylic acids is 1. The Kier molecular flexibility index (Phi) is 4.18. The standard InChI is InChI=1S/C15H21NO4/c1-15(14(18)19)6-3-7-16(10-15)9-11-4-5-12(17)13(8-11)20-2/h4-5,8,17H,3,6-7,9-10H2,1-2H3,(H,18,19). The van der Waals surface area contributed by atoms with Gasteiger partial charge in [-0.05, 0) is 44.0 Å². The van der Waals surface area contributed by atoms with E-state index in [0.29, 0.717) is 18.8 Å². The zero-order valence-electron chi connectivity index (χ0n) is 11.9. The van der Waals surface area contributed by atoms with Crippen molar-refractivity contribution in [3.8, 4) is 11.5 Å². The van der Waals surface area contributed by atoms with Gasteiger partial charge < -0.3 is 14.9 Å². The number of nitrogens with zero attached hydrogens (tertiary/aromatic N) is 1. The number of methoxy groups -OCH3 is 1. The molecule has 110 valence electrons. The first-order valence-corrected chi connectivity index (χ1v) is 6.76. The summed E-state index contributed by atoms with van der Waals surface area (Å²) in [4.78, 5) is 13.5. The van der Waals surface area contributed by atoms with Crippen molar-refractivity contribution >= 4 is 5.97 Å². The van der Waals surface area contributed by atoms with Crippen molar-refractivity contribution in [2.24, 2.45) is 5.41 Å². The van der Waals surface area contributed by atoms with Crippen LogP contribution >= 0.6 is 0 Å². The third-order valence-corrected chi connectivity index (χ3v) is 3.94. The van der Waals surface area contributed by atoms with Gasteiger partial charge in [-0.25, -0.2) is 0 Å². The Morgan fingerprint density at radius 3 is 2.90 bits per heavy atom. The van der Waals surface area contributed by atoms with Crippen molar-refractivity contribution in [2.45, 2.75) is 26.3 Å². The largest absolute Gasteiger partial charge is 0.504 e. The second-order valence-corrected chi connectivity index (χ2v) is 5.69. The van der Waals surface area contributed by atoms with Gasteiger partial charge >= 0.3 is 5.97 Å². The lowest BCUT2D eigenvalue weighted by molar-refractivity contribution is -0.151. The lowest BCUT2D eigenvalue weighted by atomic mass is 9.82. The number of hydrogen-bond donors (Lipinski definition) is 2. The van der Waals surface area contributed by atoms with Crippen LogP contribution in [0.25, 0.3) is 0 Å². The third-order valence-electron chi connectivity index (χ3n) is 3.94. The average Bonchev–Trinajstić information content (AvgIpc) is 2.41. The topological polar surface area (TPSA) is 70.0 Å². The van der Waals surface area contributed by atoms with Gasteiger partial charge in [-0.15, -0.1) is 0 Å². The number of carbonyl (C=O) groups is 1. The van der Waals surface area contributed by atoms with Gasteiger partial charge in [0, 0.05) is 13.1 Å². The molecule has 1 unspecified atom stereocenters. The molecule has 5 nitrogen and oxygen atoms in total. The van der Waals surface area contributed by atoms with E-state index in [9.17, 15) is 15.0 Å². The molecule has 0 spiro atoms. The highest BCUT2D eigenvalue weighted by molar-refractivity contribution is 5.74. The minimum atomic E-state index is -0.731. The first kappa shape index (κ1) is 14.7. The van der Waals surface area contributed by atoms with Crippen LogP contribution in [0.15, 0.2) is 18.2 Å². The van der Waals surface area contributed by atoms with Gasteiger partial charge in [0.15, 0.2) is 11.5 Å². The Morgan fingerprint density at radius 2 is 2.25 bits per heavy atom. The van der Waals surface area contributed by atoms with Crippen LogP contribution in [0.3, 0.4) is 0 Å². The van der Waals surface area contributed by atoms with E-state index in [1.54, 1.807) is 19.1 Å². The summed E-state index contributed by atoms with van der Waals surface area (Å²) >= 11 is 0. The van der Waals surface area contributed by atoms with Crippen molar-refractivity contribution in [1.82, 2.24) is 4.90 Å². The van der Waals surface area contributed by atoms with Gasteiger partial charge in [-0.3, -0.25) is 9.69 Å². The second-order valence-electron chi connectivity index (χ2n) is 5.69. The van der Waals surface area contributed by atoms with Gasteiger partial charge in [0.2, 0.25) is 0 Å². The summed E-state index contributed by atoms with van der Waals surface area (Å²) in [6, 6.07) is 5.24. The van der Waals surface area contributed by atoms with E-state index in [1.165, 1.54) is 7.11 Å². The number of rotatable bonds is 4. The molecule has 20 heavy (non-hydrogen) atoms. The fraction of sp³-hybridized carbons (Fsp3) is 0.533. The summed E-state index contributed by atoms with van der Waals surface area (Å²) in [5, 5.41) is 18.9. The molecule has 1 aromatic rings. The molecule has 2 N–H and O–H groups in total. The van der Waals surface area contributed by atoms with Crippen molar-refractivity contribution in [2.75, 3.05) is 20.2 Å². The minimum absolute atomic E-state index is 0.116. The fourth-order valence-corrected chi connectivity index (χ4v) is 2.73. The van der Waals surface area contributed by atoms with E-state index < -0.39 is 11.4 Å². The molecule has 1 fully saturated rings. The van der Waals surface area contributed by atoms with E-state index in [1.807, 2.05) is 6.07 Å². The molecule has 2 rings (SSSR count). The maximum absolute atomic E-state index is 11.3. The molecule has 5 heteroatoms. The maximum Gasteiger partial charge on any atom is 0.310 e. The number of phenols is 1. The van der Waals surface area contributed by atoms with Crippen LogP contribution in [-0.2, 0) is 11.3 Å². The summed E-state index contributed by atoms with van der Waals surface area (Å²) in [5.41, 5.74) is 0.341. The highest BCUT2D eigenvalue weighted by Gasteiger charge is 2.37. The van der Waals surface area contributed by atoms with Crippen LogP contribution in [0.2, 0.25) is 0 Å². The van der Waals surface area contributed by atoms with E-state index in [2.05, 4.69) is 4.90 Å². The van der Waals surface area contributed by atoms with E-state index in [0.717, 1.165) is 24.9 Å². The normalized spacial score (nSPS) is 23.5. The predicted octanol–water partition coefficient (Wildman–Crippen LogP) is 2.09. The van der Waals surface area contributed by atoms with Crippen molar-refractivity contribution in [1.29, 1.82) is 0 Å². The smallest absolute Gasteiger partial charge is 0.310 e. The van der Waals surface area contributed by atoms with Gasteiger partial charge in [0.05, 0.1) is 12.5 Å². The number of carboxylic acid groups (broad SMARTS) is 1. The molecule has 1 saturated heterocycles. The van der Waals surface area contributed by atoms with Gasteiger partial charge in [-0.2, -0.15) is 0 Å². The van der Waals surface area contributed by atoms with Crippen molar-refractivity contribution < 1.29 is 19.7 Å². The summed E-state index contributed by atoms with van der Waals surface area (Å²) in [6.45, 7) is 3.91. The minimum Gasteiger partial charge on any atom is -0.504 e. The molecule has 0 amide bonds. The number of phenolic OH excluding ortho intramolecular Hbond substituents is 1. The summed E-state index contributed by atoms with van der Waals surface area (Å²) in [5.74, 6) is -0.170. The Labute approximate surface area is 118 Å². The quantitative estimate of drug-likeness (QED) is 0.883. The van der Waals surface area contributed by atoms with Crippen LogP contribution in [-0.4, -0.2) is 41.3 Å². The van der Waals surface area contributed by atoms with Crippen LogP contribution in [0.1, 0.15) is 25.3 Å². The lowest BCUT2D eigenvalue weighted by Crippen LogP contribution is -2.45. The molecule has 0 radical (unpaired) electrons. The molecular weight excluding hydrogens is 258 g/mol. The Hall–Kier alpha value is -1.75. The number of ether oxygens (including phenoxy) is 1. The monoisotopic (exact) mass is 279 g/mol. The first-order valence-electron chi connectivity index (χ1n) is 6.76. The zero-order chi connectivity index (χ0) is 14.8. The van der Waals surface area contributed by atoms with Gasteiger partial charge in [-0.1, -0.05) is 6.07 Å². The highest BCUT2D eigenvalue weighted by atomic mass is 16.5. The molecule has 1 aliphatic heterocycles. The van der Waals surface area contributed by atoms with Crippen LogP contribution in [0.4, 0.5) is 0 Å². The Balaban J connectivity index is 2.08. The number of benzene rings is 1. The number of aromatic hydroxyl groups is 1. The van der Waals surface area contributed by atoms with Crippen molar-refractivity contribution in [3.05, 3.63) is 23.8 Å². The number of carboxylic acids is 1. The summed E-state index contributed by atoms with van der Waals surface area (Å²) < 4.78 is 5.09. The fourth-order valence-electron chi connectivity index (χ4n) is 2.73. The van der Waals surface area contributed by atoms with E-state index in [4.69, 9.17) is 4.74 Å². The number of piperidine rings is 1. The molecule has 1 aliphatic rings.